The second-order valence-corrected chi connectivity index (χ2v) is 10.0. The third-order valence-corrected chi connectivity index (χ3v) is 6.71. The second-order valence-electron chi connectivity index (χ2n) is 10.0. The van der Waals surface area contributed by atoms with Crippen molar-refractivity contribution in [3.05, 3.63) is 58.8 Å². The first-order valence-corrected chi connectivity index (χ1v) is 14.1. The Balaban J connectivity index is 1.67. The smallest absolute Gasteiger partial charge is 0.347 e. The Morgan fingerprint density at radius 2 is 1.62 bits per heavy atom. The summed E-state index contributed by atoms with van der Waals surface area (Å²) in [5.74, 6) is 2.34. The van der Waals surface area contributed by atoms with Gasteiger partial charge in [-0.25, -0.2) is 4.79 Å². The topological polar surface area (TPSA) is 83.5 Å². The lowest BCUT2D eigenvalue weighted by atomic mass is 9.96. The van der Waals surface area contributed by atoms with Crippen LogP contribution in [0.25, 0.3) is 0 Å². The summed E-state index contributed by atoms with van der Waals surface area (Å²) in [7, 11) is 6.71. The number of benzene rings is 2. The number of aryl methyl sites for hydroxylation is 1. The number of rotatable bonds is 15. The fourth-order valence-electron chi connectivity index (χ4n) is 4.80. The fourth-order valence-corrected chi connectivity index (χ4v) is 4.80. The molecule has 2 aromatic rings. The Hall–Kier alpha value is -3.68. The molecule has 40 heavy (non-hydrogen) atoms. The molecule has 0 saturated carbocycles. The molecule has 0 N–H and O–H groups in total. The van der Waals surface area contributed by atoms with Gasteiger partial charge in [0.1, 0.15) is 23.0 Å². The minimum absolute atomic E-state index is 0.113. The maximum absolute atomic E-state index is 12.8. The number of carbonyl (C=O) groups is 2. The van der Waals surface area contributed by atoms with Crippen LogP contribution >= 0.6 is 0 Å². The normalized spacial score (nSPS) is 14.3. The van der Waals surface area contributed by atoms with E-state index in [1.54, 1.807) is 25.5 Å². The van der Waals surface area contributed by atoms with Crippen molar-refractivity contribution in [2.75, 3.05) is 41.5 Å². The fraction of sp³-hybridized carbons (Fsp3) is 0.500. The number of ether oxygens (including phenoxy) is 5. The molecule has 0 saturated heterocycles. The Kier molecular flexibility index (Phi) is 11.7. The van der Waals surface area contributed by atoms with Crippen LogP contribution in [0, 0.1) is 0 Å². The molecular weight excluding hydrogens is 510 g/mol. The van der Waals surface area contributed by atoms with Crippen LogP contribution in [0.5, 0.6) is 23.0 Å². The number of carbonyl (C=O) groups excluding carboxylic acids is 2. The molecule has 8 nitrogen and oxygen atoms in total. The molecule has 0 fully saturated rings. The van der Waals surface area contributed by atoms with E-state index in [1.807, 2.05) is 37.2 Å². The number of allylic oxidation sites excluding steroid dienone is 1. The van der Waals surface area contributed by atoms with Crippen molar-refractivity contribution < 1.29 is 33.3 Å². The van der Waals surface area contributed by atoms with Crippen molar-refractivity contribution in [1.82, 2.24) is 4.90 Å². The van der Waals surface area contributed by atoms with Crippen LogP contribution in [0.2, 0.25) is 0 Å². The minimum Gasteiger partial charge on any atom is -0.496 e. The van der Waals surface area contributed by atoms with E-state index in [4.69, 9.17) is 23.7 Å². The maximum Gasteiger partial charge on any atom is 0.347 e. The predicted octanol–water partition coefficient (Wildman–Crippen LogP) is 5.57. The average Bonchev–Trinajstić information content (AvgIpc) is 2.96. The van der Waals surface area contributed by atoms with Gasteiger partial charge >= 0.3 is 5.97 Å². The summed E-state index contributed by atoms with van der Waals surface area (Å²) in [5.41, 5.74) is 3.50. The number of fused-ring (bicyclic) bond motifs is 1. The van der Waals surface area contributed by atoms with Gasteiger partial charge in [0, 0.05) is 43.9 Å². The van der Waals surface area contributed by atoms with Gasteiger partial charge in [-0.3, -0.25) is 4.79 Å². The quantitative estimate of drug-likeness (QED) is 0.122. The Morgan fingerprint density at radius 1 is 0.975 bits per heavy atom. The SMILES string of the molecule is CCCc1c(OCCCOc2ccc(C(=O)/C=C\N(C)C)c(OC)c2CCC)ccc2c1OC(C(=O)OC)CC2. The van der Waals surface area contributed by atoms with Gasteiger partial charge in [-0.05, 0) is 49.4 Å². The van der Waals surface area contributed by atoms with Crippen LogP contribution < -0.4 is 18.9 Å². The van der Waals surface area contributed by atoms with E-state index < -0.39 is 6.10 Å². The van der Waals surface area contributed by atoms with Crippen LogP contribution in [-0.2, 0) is 28.8 Å². The van der Waals surface area contributed by atoms with E-state index in [0.717, 1.165) is 66.0 Å². The van der Waals surface area contributed by atoms with Crippen molar-refractivity contribution in [2.24, 2.45) is 0 Å². The zero-order valence-corrected chi connectivity index (χ0v) is 24.7. The van der Waals surface area contributed by atoms with Crippen molar-refractivity contribution in [1.29, 1.82) is 0 Å². The highest BCUT2D eigenvalue weighted by molar-refractivity contribution is 6.07. The summed E-state index contributed by atoms with van der Waals surface area (Å²) in [6, 6.07) is 7.63. The van der Waals surface area contributed by atoms with E-state index in [2.05, 4.69) is 13.8 Å². The highest BCUT2D eigenvalue weighted by Crippen LogP contribution is 2.38. The molecule has 0 spiro atoms. The number of hydrogen-bond donors (Lipinski definition) is 0. The van der Waals surface area contributed by atoms with Gasteiger partial charge in [0.2, 0.25) is 0 Å². The first-order chi connectivity index (χ1) is 19.3. The summed E-state index contributed by atoms with van der Waals surface area (Å²) in [6.45, 7) is 5.10. The second kappa shape index (κ2) is 15.2. The number of ketones is 1. The molecule has 0 bridgehead atoms. The zero-order chi connectivity index (χ0) is 29.1. The predicted molar refractivity (Wildman–Crippen MR) is 155 cm³/mol. The van der Waals surface area contributed by atoms with Gasteiger partial charge in [-0.2, -0.15) is 0 Å². The largest absolute Gasteiger partial charge is 0.496 e. The molecule has 0 radical (unpaired) electrons. The van der Waals surface area contributed by atoms with Crippen LogP contribution in [0.15, 0.2) is 36.5 Å². The molecule has 1 aliphatic heterocycles. The van der Waals surface area contributed by atoms with Crippen LogP contribution in [0.4, 0.5) is 0 Å². The number of methoxy groups -OCH3 is 2. The molecule has 1 heterocycles. The van der Waals surface area contributed by atoms with Gasteiger partial charge < -0.3 is 28.6 Å². The van der Waals surface area contributed by atoms with Crippen molar-refractivity contribution in [3.63, 3.8) is 0 Å². The van der Waals surface area contributed by atoms with Crippen LogP contribution in [0.1, 0.15) is 66.6 Å². The molecule has 3 rings (SSSR count). The van der Waals surface area contributed by atoms with Gasteiger partial charge in [0.05, 0.1) is 33.0 Å². The van der Waals surface area contributed by atoms with Crippen LogP contribution in [-0.4, -0.2) is 64.3 Å². The van der Waals surface area contributed by atoms with E-state index in [-0.39, 0.29) is 11.8 Å². The lowest BCUT2D eigenvalue weighted by molar-refractivity contribution is -0.149. The molecular formula is C32H43NO7. The molecule has 2 aromatic carbocycles. The van der Waals surface area contributed by atoms with Crippen molar-refractivity contribution in [3.8, 4) is 23.0 Å². The summed E-state index contributed by atoms with van der Waals surface area (Å²) in [5, 5.41) is 0. The highest BCUT2D eigenvalue weighted by Gasteiger charge is 2.29. The lowest BCUT2D eigenvalue weighted by Gasteiger charge is -2.27. The average molecular weight is 554 g/mol. The maximum atomic E-state index is 12.8. The summed E-state index contributed by atoms with van der Waals surface area (Å²) in [4.78, 5) is 26.7. The Labute approximate surface area is 238 Å². The molecule has 0 aromatic heterocycles. The van der Waals surface area contributed by atoms with Gasteiger partial charge in [-0.15, -0.1) is 0 Å². The third kappa shape index (κ3) is 7.71. The molecule has 8 heteroatoms. The first kappa shape index (κ1) is 30.9. The first-order valence-electron chi connectivity index (χ1n) is 14.1. The zero-order valence-electron chi connectivity index (χ0n) is 24.7. The Bertz CT molecular complexity index is 1190. The summed E-state index contributed by atoms with van der Waals surface area (Å²) >= 11 is 0. The monoisotopic (exact) mass is 553 g/mol. The number of esters is 1. The third-order valence-electron chi connectivity index (χ3n) is 6.71. The van der Waals surface area contributed by atoms with E-state index in [9.17, 15) is 9.59 Å². The highest BCUT2D eigenvalue weighted by atomic mass is 16.6. The van der Waals surface area contributed by atoms with E-state index in [0.29, 0.717) is 37.4 Å². The van der Waals surface area contributed by atoms with Gasteiger partial charge in [0.25, 0.3) is 0 Å². The summed E-state index contributed by atoms with van der Waals surface area (Å²) in [6.07, 6.45) is 8.05. The lowest BCUT2D eigenvalue weighted by Crippen LogP contribution is -2.32. The standard InChI is InChI=1S/C32H43NO7/c1-7-10-24-27(15-12-22-13-16-29(32(35)37-6)40-30(22)24)38-20-9-21-39-28-17-14-23(26(34)18-19-33(3)4)31(36-5)25(28)11-8-2/h12,14-15,17-19,29H,7-11,13,16,20-21H2,1-6H3/b19-18-. The number of nitrogens with zero attached hydrogens (tertiary/aromatic N) is 1. The summed E-state index contributed by atoms with van der Waals surface area (Å²) < 4.78 is 29.0. The van der Waals surface area contributed by atoms with Gasteiger partial charge in [0.15, 0.2) is 11.9 Å². The van der Waals surface area contributed by atoms with Crippen molar-refractivity contribution in [2.45, 2.75) is 64.9 Å². The van der Waals surface area contributed by atoms with Crippen molar-refractivity contribution >= 4 is 11.8 Å². The molecule has 1 atom stereocenters. The molecule has 1 unspecified atom stereocenters. The minimum atomic E-state index is -0.586. The molecule has 0 amide bonds. The molecule has 218 valence electrons. The Morgan fingerprint density at radius 3 is 2.25 bits per heavy atom. The molecule has 1 aliphatic rings. The molecule has 0 aliphatic carbocycles. The van der Waals surface area contributed by atoms with E-state index >= 15 is 0 Å². The van der Waals surface area contributed by atoms with Gasteiger partial charge in [-0.1, -0.05) is 32.8 Å². The van der Waals surface area contributed by atoms with Crippen LogP contribution in [0.3, 0.4) is 0 Å². The number of hydrogen-bond acceptors (Lipinski definition) is 8. The van der Waals surface area contributed by atoms with E-state index in [1.165, 1.54) is 7.11 Å².